The number of phenolic OH excluding ortho intramolecular Hbond substituents is 1. The molecule has 3 nitrogen and oxygen atoms in total. The van der Waals surface area contributed by atoms with Crippen LogP contribution in [0.25, 0.3) is 0 Å². The molecule has 1 N–H and O–H groups in total. The van der Waals surface area contributed by atoms with Crippen LogP contribution in [0.2, 0.25) is 5.02 Å². The Balaban J connectivity index is 3.26. The van der Waals surface area contributed by atoms with Gasteiger partial charge in [0.15, 0.2) is 0 Å². The van der Waals surface area contributed by atoms with Crippen molar-refractivity contribution < 1.29 is 14.6 Å². The summed E-state index contributed by atoms with van der Waals surface area (Å²) in [5.74, 6) is -0.691. The first-order valence-corrected chi connectivity index (χ1v) is 4.50. The zero-order valence-corrected chi connectivity index (χ0v) is 9.02. The Morgan fingerprint density at radius 2 is 2.23 bits per heavy atom. The molecule has 0 spiro atoms. The second-order valence-corrected chi connectivity index (χ2v) is 3.45. The van der Waals surface area contributed by atoms with Crippen molar-refractivity contribution in [1.82, 2.24) is 0 Å². The smallest absolute Gasteiger partial charge is 0.339 e. The zero-order chi connectivity index (χ0) is 10.0. The molecule has 0 heterocycles. The summed E-state index contributed by atoms with van der Waals surface area (Å²) in [6.07, 6.45) is 0. The van der Waals surface area contributed by atoms with Crippen molar-refractivity contribution in [2.24, 2.45) is 0 Å². The number of carbonyl (C=O) groups excluding carboxylic acids is 1. The van der Waals surface area contributed by atoms with Crippen LogP contribution in [0.5, 0.6) is 5.75 Å². The number of methoxy groups -OCH3 is 1. The number of aromatic hydroxyl groups is 1. The molecule has 0 fully saturated rings. The topological polar surface area (TPSA) is 46.5 Å². The number of hydrogen-bond acceptors (Lipinski definition) is 3. The van der Waals surface area contributed by atoms with Gasteiger partial charge < -0.3 is 9.84 Å². The van der Waals surface area contributed by atoms with E-state index in [1.54, 1.807) is 0 Å². The molecule has 0 aliphatic rings. The summed E-state index contributed by atoms with van der Waals surface area (Å²) in [6, 6.07) is 2.89. The maximum absolute atomic E-state index is 11.1. The zero-order valence-electron chi connectivity index (χ0n) is 6.67. The lowest BCUT2D eigenvalue weighted by Crippen LogP contribution is -2.01. The summed E-state index contributed by atoms with van der Waals surface area (Å²) in [6.45, 7) is 0. The number of halogens is 2. The van der Waals surface area contributed by atoms with Crippen LogP contribution in [-0.4, -0.2) is 18.2 Å². The summed E-state index contributed by atoms with van der Waals surface area (Å²) in [7, 11) is 1.26. The third-order valence-corrected chi connectivity index (χ3v) is 2.58. The third-order valence-electron chi connectivity index (χ3n) is 1.47. The number of hydrogen-bond donors (Lipinski definition) is 1. The van der Waals surface area contributed by atoms with Gasteiger partial charge in [0.05, 0.1) is 22.2 Å². The average molecular weight is 265 g/mol. The lowest BCUT2D eigenvalue weighted by molar-refractivity contribution is 0.0599. The quantitative estimate of drug-likeness (QED) is 0.794. The minimum atomic E-state index is -0.529. The largest absolute Gasteiger partial charge is 0.505 e. The summed E-state index contributed by atoms with van der Waals surface area (Å²) >= 11 is 8.64. The first kappa shape index (κ1) is 10.3. The van der Waals surface area contributed by atoms with E-state index in [0.29, 0.717) is 0 Å². The highest BCUT2D eigenvalue weighted by Gasteiger charge is 2.15. The summed E-state index contributed by atoms with van der Waals surface area (Å²) in [5, 5.41) is 9.53. The number of benzene rings is 1. The Kier molecular flexibility index (Phi) is 3.17. The Bertz CT molecular complexity index is 351. The first-order chi connectivity index (χ1) is 6.07. The van der Waals surface area contributed by atoms with Gasteiger partial charge in [0.25, 0.3) is 0 Å². The van der Waals surface area contributed by atoms with E-state index in [1.807, 2.05) is 0 Å². The van der Waals surface area contributed by atoms with E-state index in [4.69, 9.17) is 11.6 Å². The van der Waals surface area contributed by atoms with Crippen LogP contribution < -0.4 is 0 Å². The number of ether oxygens (including phenoxy) is 1. The molecule has 1 aromatic rings. The standard InChI is InChI=1S/C8H6BrClO3/c1-13-8(12)4-2-3-5(10)7(11)6(4)9/h2-3,11H,1H3. The Labute approximate surface area is 88.4 Å². The molecule has 1 rings (SSSR count). The molecule has 0 amide bonds. The Hall–Kier alpha value is -0.740. The molecule has 0 atom stereocenters. The van der Waals surface area contributed by atoms with Crippen LogP contribution in [0.1, 0.15) is 10.4 Å². The Morgan fingerprint density at radius 3 is 2.77 bits per heavy atom. The van der Waals surface area contributed by atoms with Crippen molar-refractivity contribution in [2.45, 2.75) is 0 Å². The molecule has 0 bridgehead atoms. The van der Waals surface area contributed by atoms with Crippen molar-refractivity contribution in [3.63, 3.8) is 0 Å². The predicted molar refractivity (Wildman–Crippen MR) is 52.2 cm³/mol. The van der Waals surface area contributed by atoms with Crippen LogP contribution >= 0.6 is 27.5 Å². The fourth-order valence-corrected chi connectivity index (χ4v) is 1.59. The number of phenols is 1. The van der Waals surface area contributed by atoms with E-state index in [2.05, 4.69) is 20.7 Å². The summed E-state index contributed by atoms with van der Waals surface area (Å²) in [4.78, 5) is 11.1. The van der Waals surface area contributed by atoms with E-state index in [9.17, 15) is 9.90 Å². The normalized spacial score (nSPS) is 9.77. The van der Waals surface area contributed by atoms with Crippen LogP contribution in [0.15, 0.2) is 16.6 Å². The highest BCUT2D eigenvalue weighted by molar-refractivity contribution is 9.10. The molecule has 0 aliphatic heterocycles. The fourth-order valence-electron chi connectivity index (χ4n) is 0.809. The summed E-state index contributed by atoms with van der Waals surface area (Å²) < 4.78 is 4.73. The van der Waals surface area contributed by atoms with Crippen molar-refractivity contribution in [1.29, 1.82) is 0 Å². The van der Waals surface area contributed by atoms with Gasteiger partial charge >= 0.3 is 5.97 Å². The van der Waals surface area contributed by atoms with E-state index in [-0.39, 0.29) is 20.8 Å². The van der Waals surface area contributed by atoms with Crippen LogP contribution in [0.4, 0.5) is 0 Å². The van der Waals surface area contributed by atoms with Gasteiger partial charge in [-0.15, -0.1) is 0 Å². The van der Waals surface area contributed by atoms with E-state index < -0.39 is 5.97 Å². The van der Waals surface area contributed by atoms with Gasteiger partial charge in [0, 0.05) is 0 Å². The number of rotatable bonds is 1. The lowest BCUT2D eigenvalue weighted by atomic mass is 10.2. The highest BCUT2D eigenvalue weighted by Crippen LogP contribution is 2.34. The molecule has 0 aromatic heterocycles. The van der Waals surface area contributed by atoms with Crippen molar-refractivity contribution >= 4 is 33.5 Å². The second-order valence-electron chi connectivity index (χ2n) is 2.25. The molecule has 5 heteroatoms. The van der Waals surface area contributed by atoms with Crippen molar-refractivity contribution in [2.75, 3.05) is 7.11 Å². The van der Waals surface area contributed by atoms with Crippen LogP contribution in [-0.2, 0) is 4.74 Å². The molecule has 1 aromatic carbocycles. The van der Waals surface area contributed by atoms with Gasteiger partial charge in [-0.3, -0.25) is 0 Å². The SMILES string of the molecule is COC(=O)c1ccc(Cl)c(O)c1Br. The van der Waals surface area contributed by atoms with Crippen LogP contribution in [0, 0.1) is 0 Å². The van der Waals surface area contributed by atoms with Gasteiger partial charge in [-0.2, -0.15) is 0 Å². The maximum Gasteiger partial charge on any atom is 0.339 e. The fraction of sp³-hybridized carbons (Fsp3) is 0.125. The Morgan fingerprint density at radius 1 is 1.62 bits per heavy atom. The van der Waals surface area contributed by atoms with E-state index >= 15 is 0 Å². The van der Waals surface area contributed by atoms with Gasteiger partial charge in [-0.25, -0.2) is 4.79 Å². The second kappa shape index (κ2) is 3.98. The molecule has 0 saturated heterocycles. The monoisotopic (exact) mass is 264 g/mol. The van der Waals surface area contributed by atoms with Crippen molar-refractivity contribution in [3.8, 4) is 5.75 Å². The summed E-state index contributed by atoms with van der Waals surface area (Å²) in [5.41, 5.74) is 0.240. The first-order valence-electron chi connectivity index (χ1n) is 3.33. The number of esters is 1. The van der Waals surface area contributed by atoms with E-state index in [1.165, 1.54) is 19.2 Å². The molecule has 13 heavy (non-hydrogen) atoms. The minimum absolute atomic E-state index is 0.162. The highest BCUT2D eigenvalue weighted by atomic mass is 79.9. The molecule has 0 unspecified atom stereocenters. The molecule has 0 radical (unpaired) electrons. The van der Waals surface area contributed by atoms with Gasteiger partial charge in [-0.05, 0) is 28.1 Å². The third kappa shape index (κ3) is 1.95. The molecule has 70 valence electrons. The minimum Gasteiger partial charge on any atom is -0.505 e. The lowest BCUT2D eigenvalue weighted by Gasteiger charge is -2.04. The molecule has 0 saturated carbocycles. The number of carbonyl (C=O) groups is 1. The van der Waals surface area contributed by atoms with E-state index in [0.717, 1.165) is 0 Å². The molecular formula is C8H6BrClO3. The molecular weight excluding hydrogens is 259 g/mol. The van der Waals surface area contributed by atoms with Gasteiger partial charge in [0.2, 0.25) is 0 Å². The van der Waals surface area contributed by atoms with Crippen molar-refractivity contribution in [3.05, 3.63) is 27.2 Å². The average Bonchev–Trinajstić information content (AvgIpc) is 2.13. The van der Waals surface area contributed by atoms with Gasteiger partial charge in [0.1, 0.15) is 5.75 Å². The predicted octanol–water partition coefficient (Wildman–Crippen LogP) is 2.59. The van der Waals surface area contributed by atoms with Crippen LogP contribution in [0.3, 0.4) is 0 Å². The molecule has 0 aliphatic carbocycles. The maximum atomic E-state index is 11.1. The van der Waals surface area contributed by atoms with Gasteiger partial charge in [-0.1, -0.05) is 11.6 Å².